The molecule has 29 heavy (non-hydrogen) atoms. The summed E-state index contributed by atoms with van der Waals surface area (Å²) in [6, 6.07) is 7.75. The number of carbonyl (C=O) groups is 1. The maximum Gasteiger partial charge on any atom is 0.412 e. The zero-order chi connectivity index (χ0) is 20.1. The van der Waals surface area contributed by atoms with Crippen LogP contribution in [-0.4, -0.2) is 22.6 Å². The normalized spacial score (nSPS) is 14.5. The first-order valence-corrected chi connectivity index (χ1v) is 10.1. The van der Waals surface area contributed by atoms with E-state index in [2.05, 4.69) is 15.3 Å². The summed E-state index contributed by atoms with van der Waals surface area (Å²) in [7, 11) is 0. The number of benzene rings is 1. The van der Waals surface area contributed by atoms with Gasteiger partial charge in [-0.25, -0.2) is 9.78 Å². The van der Waals surface area contributed by atoms with Gasteiger partial charge in [0.1, 0.15) is 12.0 Å². The molecule has 2 heterocycles. The van der Waals surface area contributed by atoms with Crippen molar-refractivity contribution in [2.24, 2.45) is 5.92 Å². The molecule has 1 saturated carbocycles. The number of pyridine rings is 1. The molecule has 0 unspecified atom stereocenters. The number of oxazole rings is 1. The highest BCUT2D eigenvalue weighted by Gasteiger charge is 2.16. The Labute approximate surface area is 170 Å². The number of nitrogens with zero attached hydrogens (tertiary/aromatic N) is 2. The molecule has 0 radical (unpaired) electrons. The number of carbonyl (C=O) groups excluding carboxylic acids is 1. The van der Waals surface area contributed by atoms with Crippen molar-refractivity contribution in [3.63, 3.8) is 0 Å². The number of ether oxygens (including phenoxy) is 1. The average molecular weight is 391 g/mol. The maximum atomic E-state index is 12.3. The smallest absolute Gasteiger partial charge is 0.412 e. The minimum atomic E-state index is -0.400. The molecule has 0 saturated heterocycles. The lowest BCUT2D eigenvalue weighted by Gasteiger charge is -2.21. The van der Waals surface area contributed by atoms with Crippen molar-refractivity contribution in [3.8, 4) is 28.3 Å². The number of aromatic nitrogens is 2. The van der Waals surface area contributed by atoms with Gasteiger partial charge in [0.2, 0.25) is 5.89 Å². The third-order valence-corrected chi connectivity index (χ3v) is 5.40. The van der Waals surface area contributed by atoms with Crippen molar-refractivity contribution in [1.82, 2.24) is 15.3 Å². The van der Waals surface area contributed by atoms with Gasteiger partial charge < -0.3 is 14.5 Å². The first kappa shape index (κ1) is 19.2. The molecule has 6 heteroatoms. The van der Waals surface area contributed by atoms with Gasteiger partial charge in [-0.05, 0) is 48.9 Å². The molecule has 0 aliphatic heterocycles. The summed E-state index contributed by atoms with van der Waals surface area (Å²) in [6.45, 7) is 2.61. The fraction of sp³-hybridized carbons (Fsp3) is 0.348. The van der Waals surface area contributed by atoms with Crippen LogP contribution in [0.15, 0.2) is 53.5 Å². The van der Waals surface area contributed by atoms with Gasteiger partial charge in [-0.1, -0.05) is 31.4 Å². The van der Waals surface area contributed by atoms with E-state index in [1.54, 1.807) is 18.6 Å². The van der Waals surface area contributed by atoms with Crippen molar-refractivity contribution < 1.29 is 13.9 Å². The predicted molar refractivity (Wildman–Crippen MR) is 111 cm³/mol. The maximum absolute atomic E-state index is 12.3. The lowest BCUT2D eigenvalue weighted by atomic mass is 9.89. The Kier molecular flexibility index (Phi) is 5.89. The van der Waals surface area contributed by atoms with E-state index in [4.69, 9.17) is 9.15 Å². The van der Waals surface area contributed by atoms with Crippen LogP contribution in [0.2, 0.25) is 0 Å². The second-order valence-electron chi connectivity index (χ2n) is 7.55. The van der Waals surface area contributed by atoms with Crippen LogP contribution in [-0.2, 0) is 0 Å². The molecule has 0 atom stereocenters. The summed E-state index contributed by atoms with van der Waals surface area (Å²) >= 11 is 0. The average Bonchev–Trinajstić information content (AvgIpc) is 3.30. The van der Waals surface area contributed by atoms with Crippen molar-refractivity contribution in [1.29, 1.82) is 0 Å². The molecule has 1 fully saturated rings. The monoisotopic (exact) mass is 391 g/mol. The standard InChI is InChI=1S/C23H25N3O3/c1-16-7-8-18(19-11-20(15-24-14-19)22-25-9-10-28-22)12-21(16)29-23(27)26-13-17-5-3-2-4-6-17/h7-12,14-15,17H,2-6,13H2,1H3,(H,26,27). The van der Waals surface area contributed by atoms with Gasteiger partial charge in [-0.3, -0.25) is 4.98 Å². The van der Waals surface area contributed by atoms with Crippen LogP contribution in [0.4, 0.5) is 4.79 Å². The van der Waals surface area contributed by atoms with E-state index in [9.17, 15) is 4.79 Å². The van der Waals surface area contributed by atoms with Crippen LogP contribution in [0.3, 0.4) is 0 Å². The van der Waals surface area contributed by atoms with Gasteiger partial charge in [0.25, 0.3) is 0 Å². The molecule has 0 bridgehead atoms. The summed E-state index contributed by atoms with van der Waals surface area (Å²) in [6.07, 6.45) is 12.4. The zero-order valence-electron chi connectivity index (χ0n) is 16.6. The second kappa shape index (κ2) is 8.90. The van der Waals surface area contributed by atoms with Crippen molar-refractivity contribution in [3.05, 3.63) is 54.7 Å². The summed E-state index contributed by atoms with van der Waals surface area (Å²) in [4.78, 5) is 20.8. The summed E-state index contributed by atoms with van der Waals surface area (Å²) in [5.74, 6) is 1.63. The SMILES string of the molecule is Cc1ccc(-c2cncc(-c3ncco3)c2)cc1OC(=O)NCC1CCCCC1. The van der Waals surface area contributed by atoms with E-state index in [1.807, 2.05) is 31.2 Å². The largest absolute Gasteiger partial charge is 0.444 e. The molecule has 0 spiro atoms. The second-order valence-corrected chi connectivity index (χ2v) is 7.55. The van der Waals surface area contributed by atoms with Gasteiger partial charge in [-0.2, -0.15) is 0 Å². The van der Waals surface area contributed by atoms with Crippen LogP contribution in [0.25, 0.3) is 22.6 Å². The number of nitrogens with one attached hydrogen (secondary N) is 1. The number of rotatable bonds is 5. The van der Waals surface area contributed by atoms with Crippen molar-refractivity contribution in [2.45, 2.75) is 39.0 Å². The third-order valence-electron chi connectivity index (χ3n) is 5.40. The Morgan fingerprint density at radius 1 is 1.14 bits per heavy atom. The molecule has 1 amide bonds. The molecule has 2 aromatic heterocycles. The molecule has 3 aromatic rings. The summed E-state index contributed by atoms with van der Waals surface area (Å²) in [5.41, 5.74) is 3.50. The molecule has 1 aromatic carbocycles. The molecular weight excluding hydrogens is 366 g/mol. The van der Waals surface area contributed by atoms with Gasteiger partial charge in [-0.15, -0.1) is 0 Å². The van der Waals surface area contributed by atoms with Gasteiger partial charge in [0.05, 0.1) is 11.8 Å². The third kappa shape index (κ3) is 4.83. The number of hydrogen-bond acceptors (Lipinski definition) is 5. The summed E-state index contributed by atoms with van der Waals surface area (Å²) < 4.78 is 11.0. The van der Waals surface area contributed by atoms with Gasteiger partial charge >= 0.3 is 6.09 Å². The number of aryl methyl sites for hydroxylation is 1. The number of hydrogen-bond donors (Lipinski definition) is 1. The van der Waals surface area contributed by atoms with E-state index in [-0.39, 0.29) is 0 Å². The fourth-order valence-corrected chi connectivity index (χ4v) is 3.73. The topological polar surface area (TPSA) is 77.2 Å². The lowest BCUT2D eigenvalue weighted by Crippen LogP contribution is -2.32. The van der Waals surface area contributed by atoms with Crippen molar-refractivity contribution >= 4 is 6.09 Å². The number of amides is 1. The lowest BCUT2D eigenvalue weighted by molar-refractivity contribution is 0.196. The molecule has 6 nitrogen and oxygen atoms in total. The first-order chi connectivity index (χ1) is 14.2. The molecular formula is C23H25N3O3. The zero-order valence-corrected chi connectivity index (χ0v) is 16.6. The van der Waals surface area contributed by atoms with E-state index < -0.39 is 6.09 Å². The highest BCUT2D eigenvalue weighted by atomic mass is 16.6. The first-order valence-electron chi connectivity index (χ1n) is 10.1. The molecule has 4 rings (SSSR count). The highest BCUT2D eigenvalue weighted by Crippen LogP contribution is 2.29. The van der Waals surface area contributed by atoms with E-state index in [0.717, 1.165) is 22.3 Å². The van der Waals surface area contributed by atoms with Crippen molar-refractivity contribution in [2.75, 3.05) is 6.54 Å². The summed E-state index contributed by atoms with van der Waals surface area (Å²) in [5, 5.41) is 2.92. The minimum absolute atomic E-state index is 0.400. The Hall–Kier alpha value is -3.15. The minimum Gasteiger partial charge on any atom is -0.444 e. The highest BCUT2D eigenvalue weighted by molar-refractivity contribution is 5.74. The van der Waals surface area contributed by atoms with E-state index in [0.29, 0.717) is 24.1 Å². The predicted octanol–water partition coefficient (Wildman–Crippen LogP) is 5.38. The van der Waals surface area contributed by atoms with E-state index in [1.165, 1.54) is 38.4 Å². The quantitative estimate of drug-likeness (QED) is 0.632. The Bertz CT molecular complexity index is 963. The van der Waals surface area contributed by atoms with Gasteiger partial charge in [0.15, 0.2) is 0 Å². The van der Waals surface area contributed by atoms with E-state index >= 15 is 0 Å². The fourth-order valence-electron chi connectivity index (χ4n) is 3.73. The molecule has 1 aliphatic carbocycles. The van der Waals surface area contributed by atoms with Crippen LogP contribution in [0.5, 0.6) is 5.75 Å². The molecule has 1 aliphatic rings. The Balaban J connectivity index is 1.46. The van der Waals surface area contributed by atoms with Crippen LogP contribution >= 0.6 is 0 Å². The van der Waals surface area contributed by atoms with Crippen LogP contribution < -0.4 is 10.1 Å². The molecule has 1 N–H and O–H groups in total. The van der Waals surface area contributed by atoms with Crippen LogP contribution in [0.1, 0.15) is 37.7 Å². The Morgan fingerprint density at radius 3 is 2.76 bits per heavy atom. The Morgan fingerprint density at radius 2 is 1.97 bits per heavy atom. The van der Waals surface area contributed by atoms with Crippen LogP contribution in [0, 0.1) is 12.8 Å². The molecule has 150 valence electrons. The van der Waals surface area contributed by atoms with Gasteiger partial charge in [0, 0.05) is 24.5 Å².